The molecule has 0 aromatic heterocycles. The predicted octanol–water partition coefficient (Wildman–Crippen LogP) is 0.499. The molecule has 17 nitrogen and oxygen atoms in total. The third-order valence-electron chi connectivity index (χ3n) is 6.37. The lowest BCUT2D eigenvalue weighted by molar-refractivity contribution is -0.140. The van der Waals surface area contributed by atoms with Crippen LogP contribution >= 0.6 is 0 Å². The molecule has 0 aromatic carbocycles. The third-order valence-corrected chi connectivity index (χ3v) is 6.37. The zero-order valence-electron chi connectivity index (χ0n) is 30.9. The second-order valence-electron chi connectivity index (χ2n) is 10.8. The fraction of sp³-hybridized carbons (Fsp3) is 0.912. The van der Waals surface area contributed by atoms with Gasteiger partial charge in [-0.15, -0.1) is 0 Å². The first-order chi connectivity index (χ1) is 25.1. The molecule has 0 rings (SSSR count). The van der Waals surface area contributed by atoms with Gasteiger partial charge in [0.05, 0.1) is 132 Å². The summed E-state index contributed by atoms with van der Waals surface area (Å²) in [7, 11) is 0. The highest BCUT2D eigenvalue weighted by Crippen LogP contribution is 1.96. The summed E-state index contributed by atoms with van der Waals surface area (Å²) in [6.07, 6.45) is 2.64. The van der Waals surface area contributed by atoms with Crippen LogP contribution in [0.2, 0.25) is 0 Å². The van der Waals surface area contributed by atoms with Crippen molar-refractivity contribution in [2.75, 3.05) is 165 Å². The average molecular weight is 743 g/mol. The van der Waals surface area contributed by atoms with Crippen LogP contribution in [0.1, 0.15) is 39.0 Å². The number of carboxylic acids is 1. The standard InChI is InChI=1S/C34H66N2O15/c1-2-3-6-35-7-10-42-13-16-45-19-22-48-23-20-46-17-14-43-11-8-36-33(38)31-51-29-28-50-27-26-49-25-24-47-21-18-44-15-12-41-9-4-5-32(37)30-34(39)40/h35H,2-31H2,1H3,(H,36,38)(H,39,40). The van der Waals surface area contributed by atoms with E-state index in [-0.39, 0.29) is 24.7 Å². The van der Waals surface area contributed by atoms with Gasteiger partial charge in [0.2, 0.25) is 5.91 Å². The summed E-state index contributed by atoms with van der Waals surface area (Å²) < 4.78 is 59.6. The molecule has 0 radical (unpaired) electrons. The SMILES string of the molecule is CCCCNCCOCCOCCOCCOCCOCCNC(=O)COCCOCCOCCOCCOCCOCCCC(=O)CC(=O)O. The number of carbonyl (C=O) groups excluding carboxylic acids is 2. The molecule has 0 saturated carbocycles. The number of hydrogen-bond acceptors (Lipinski definition) is 15. The second kappa shape index (κ2) is 42.5. The molecule has 0 aliphatic carbocycles. The molecule has 0 unspecified atom stereocenters. The van der Waals surface area contributed by atoms with Crippen LogP contribution in [-0.2, 0) is 66.5 Å². The van der Waals surface area contributed by atoms with E-state index in [9.17, 15) is 14.4 Å². The second-order valence-corrected chi connectivity index (χ2v) is 10.8. The summed E-state index contributed by atoms with van der Waals surface area (Å²) in [5.41, 5.74) is 0. The van der Waals surface area contributed by atoms with Crippen molar-refractivity contribution < 1.29 is 71.6 Å². The molecule has 3 N–H and O–H groups in total. The Hall–Kier alpha value is -1.87. The Morgan fingerprint density at radius 2 is 0.824 bits per heavy atom. The van der Waals surface area contributed by atoms with Gasteiger partial charge in [-0.3, -0.25) is 14.4 Å². The van der Waals surface area contributed by atoms with Crippen molar-refractivity contribution in [2.45, 2.75) is 39.0 Å². The number of ketones is 1. The fourth-order valence-corrected chi connectivity index (χ4v) is 3.76. The van der Waals surface area contributed by atoms with E-state index in [0.717, 1.165) is 13.1 Å². The van der Waals surface area contributed by atoms with Crippen molar-refractivity contribution in [2.24, 2.45) is 0 Å². The minimum Gasteiger partial charge on any atom is -0.481 e. The van der Waals surface area contributed by atoms with Crippen LogP contribution in [0.15, 0.2) is 0 Å². The molecule has 0 fully saturated rings. The number of nitrogens with one attached hydrogen (secondary N) is 2. The van der Waals surface area contributed by atoms with Crippen molar-refractivity contribution in [3.05, 3.63) is 0 Å². The van der Waals surface area contributed by atoms with Gasteiger partial charge in [0.1, 0.15) is 18.8 Å². The Balaban J connectivity index is 3.17. The fourth-order valence-electron chi connectivity index (χ4n) is 3.76. The van der Waals surface area contributed by atoms with Crippen molar-refractivity contribution in [3.8, 4) is 0 Å². The van der Waals surface area contributed by atoms with Crippen LogP contribution in [-0.4, -0.2) is 188 Å². The Morgan fingerprint density at radius 3 is 1.24 bits per heavy atom. The maximum Gasteiger partial charge on any atom is 0.310 e. The lowest BCUT2D eigenvalue weighted by Crippen LogP contribution is -2.31. The van der Waals surface area contributed by atoms with Gasteiger partial charge in [-0.05, 0) is 19.4 Å². The predicted molar refractivity (Wildman–Crippen MR) is 186 cm³/mol. The van der Waals surface area contributed by atoms with Crippen molar-refractivity contribution >= 4 is 17.7 Å². The molecule has 0 bridgehead atoms. The summed E-state index contributed by atoms with van der Waals surface area (Å²) in [6.45, 7) is 13.9. The Labute approximate surface area is 303 Å². The summed E-state index contributed by atoms with van der Waals surface area (Å²) in [5, 5.41) is 14.6. The molecule has 0 aliphatic rings. The average Bonchev–Trinajstić information content (AvgIpc) is 3.11. The number of Topliss-reactive ketones (excluding diaryl/α,β-unsaturated/α-hetero) is 1. The maximum atomic E-state index is 11.8. The molecule has 0 aromatic rings. The van der Waals surface area contributed by atoms with E-state index in [0.29, 0.717) is 152 Å². The van der Waals surface area contributed by atoms with E-state index in [4.69, 9.17) is 57.2 Å². The molecule has 0 aliphatic heterocycles. The number of ether oxygens (including phenoxy) is 11. The van der Waals surface area contributed by atoms with E-state index < -0.39 is 12.4 Å². The Morgan fingerprint density at radius 1 is 0.451 bits per heavy atom. The molecule has 0 saturated heterocycles. The van der Waals surface area contributed by atoms with E-state index >= 15 is 0 Å². The summed E-state index contributed by atoms with van der Waals surface area (Å²) in [5.74, 6) is -1.63. The quantitative estimate of drug-likeness (QED) is 0.0576. The minimum atomic E-state index is -1.11. The molecule has 1 amide bonds. The van der Waals surface area contributed by atoms with E-state index in [1.54, 1.807) is 0 Å². The van der Waals surface area contributed by atoms with Crippen LogP contribution in [0, 0.1) is 0 Å². The number of unbranched alkanes of at least 4 members (excludes halogenated alkanes) is 1. The monoisotopic (exact) mass is 742 g/mol. The van der Waals surface area contributed by atoms with Crippen LogP contribution in [0.3, 0.4) is 0 Å². The highest BCUT2D eigenvalue weighted by atomic mass is 16.6. The molecule has 0 spiro atoms. The molecule has 302 valence electrons. The Bertz CT molecular complexity index is 767. The normalized spacial score (nSPS) is 11.3. The van der Waals surface area contributed by atoms with Gasteiger partial charge in [-0.1, -0.05) is 13.3 Å². The van der Waals surface area contributed by atoms with Crippen LogP contribution in [0.25, 0.3) is 0 Å². The number of aliphatic carboxylic acids is 1. The number of rotatable bonds is 44. The molecule has 0 atom stereocenters. The van der Waals surface area contributed by atoms with Gasteiger partial charge < -0.3 is 67.8 Å². The van der Waals surface area contributed by atoms with Gasteiger partial charge >= 0.3 is 5.97 Å². The molecular formula is C34H66N2O15. The minimum absolute atomic E-state index is 0.0505. The lowest BCUT2D eigenvalue weighted by Gasteiger charge is -2.09. The van der Waals surface area contributed by atoms with Gasteiger partial charge in [0.25, 0.3) is 0 Å². The highest BCUT2D eigenvalue weighted by molar-refractivity contribution is 5.94. The number of hydrogen-bond donors (Lipinski definition) is 3. The van der Waals surface area contributed by atoms with Crippen molar-refractivity contribution in [1.82, 2.24) is 10.6 Å². The summed E-state index contributed by atoms with van der Waals surface area (Å²) in [4.78, 5) is 33.5. The van der Waals surface area contributed by atoms with E-state index in [2.05, 4.69) is 17.6 Å². The number of carboxylic acid groups (broad SMARTS) is 1. The first-order valence-corrected chi connectivity index (χ1v) is 18.1. The van der Waals surface area contributed by atoms with Crippen LogP contribution in [0.4, 0.5) is 0 Å². The lowest BCUT2D eigenvalue weighted by atomic mass is 10.2. The third kappa shape index (κ3) is 44.2. The van der Waals surface area contributed by atoms with Crippen molar-refractivity contribution in [1.29, 1.82) is 0 Å². The van der Waals surface area contributed by atoms with Gasteiger partial charge in [0, 0.05) is 26.1 Å². The molecule has 51 heavy (non-hydrogen) atoms. The van der Waals surface area contributed by atoms with E-state index in [1.807, 2.05) is 0 Å². The largest absolute Gasteiger partial charge is 0.481 e. The van der Waals surface area contributed by atoms with Crippen molar-refractivity contribution in [3.63, 3.8) is 0 Å². The van der Waals surface area contributed by atoms with Gasteiger partial charge in [-0.2, -0.15) is 0 Å². The maximum absolute atomic E-state index is 11.8. The molecular weight excluding hydrogens is 676 g/mol. The zero-order chi connectivity index (χ0) is 37.1. The molecule has 0 heterocycles. The number of amides is 1. The Kier molecular flexibility index (Phi) is 41.0. The highest BCUT2D eigenvalue weighted by Gasteiger charge is 2.07. The number of carbonyl (C=O) groups is 3. The summed E-state index contributed by atoms with van der Waals surface area (Å²) in [6, 6.07) is 0. The van der Waals surface area contributed by atoms with Crippen LogP contribution in [0.5, 0.6) is 0 Å². The van der Waals surface area contributed by atoms with Gasteiger partial charge in [0.15, 0.2) is 0 Å². The van der Waals surface area contributed by atoms with Crippen LogP contribution < -0.4 is 10.6 Å². The zero-order valence-corrected chi connectivity index (χ0v) is 30.9. The smallest absolute Gasteiger partial charge is 0.310 e. The first kappa shape index (κ1) is 49.1. The molecule has 17 heteroatoms. The first-order valence-electron chi connectivity index (χ1n) is 18.1. The topological polar surface area (TPSA) is 197 Å². The van der Waals surface area contributed by atoms with Gasteiger partial charge in [-0.25, -0.2) is 0 Å². The van der Waals surface area contributed by atoms with E-state index in [1.165, 1.54) is 12.8 Å². The summed E-state index contributed by atoms with van der Waals surface area (Å²) >= 11 is 0.